The van der Waals surface area contributed by atoms with E-state index in [4.69, 9.17) is 16.3 Å². The average molecular weight is 298 g/mol. The third-order valence-corrected chi connectivity index (χ3v) is 3.82. The normalized spacial score (nSPS) is 15.3. The predicted octanol–water partition coefficient (Wildman–Crippen LogP) is 3.08. The molecule has 1 aromatic heterocycles. The van der Waals surface area contributed by atoms with Crippen LogP contribution in [0.1, 0.15) is 50.0 Å². The maximum Gasteiger partial charge on any atom is 0.358 e. The monoisotopic (exact) mass is 297 g/mol. The zero-order valence-electron chi connectivity index (χ0n) is 11.9. The van der Waals surface area contributed by atoms with Gasteiger partial charge >= 0.3 is 5.97 Å². The van der Waals surface area contributed by atoms with Crippen LogP contribution in [0.5, 0.6) is 0 Å². The number of hydrogen-bond acceptors (Lipinski definition) is 5. The van der Waals surface area contributed by atoms with Crippen molar-refractivity contribution in [2.24, 2.45) is 0 Å². The molecule has 2 rings (SSSR count). The highest BCUT2D eigenvalue weighted by Gasteiger charge is 2.23. The molecule has 1 aromatic rings. The molecular weight excluding hydrogens is 278 g/mol. The quantitative estimate of drug-likeness (QED) is 0.782. The molecule has 0 aliphatic heterocycles. The predicted molar refractivity (Wildman–Crippen MR) is 78.3 cm³/mol. The first-order chi connectivity index (χ1) is 9.65. The van der Waals surface area contributed by atoms with Crippen molar-refractivity contribution in [3.63, 3.8) is 0 Å². The van der Waals surface area contributed by atoms with Crippen molar-refractivity contribution in [1.82, 2.24) is 9.97 Å². The molecule has 0 spiro atoms. The van der Waals surface area contributed by atoms with Crippen molar-refractivity contribution in [2.75, 3.05) is 18.0 Å². The summed E-state index contributed by atoms with van der Waals surface area (Å²) in [6.07, 6.45) is 5.55. The Morgan fingerprint density at radius 1 is 1.40 bits per heavy atom. The average Bonchev–Trinajstić information content (AvgIpc) is 2.94. The van der Waals surface area contributed by atoms with Gasteiger partial charge in [0.25, 0.3) is 0 Å². The molecule has 1 saturated carbocycles. The van der Waals surface area contributed by atoms with Crippen molar-refractivity contribution < 1.29 is 9.53 Å². The number of anilines is 1. The first kappa shape index (κ1) is 15.0. The van der Waals surface area contributed by atoms with E-state index < -0.39 is 5.97 Å². The molecule has 0 N–H and O–H groups in total. The fourth-order valence-corrected chi connectivity index (χ4v) is 2.54. The van der Waals surface area contributed by atoms with Crippen LogP contribution in [0.25, 0.3) is 0 Å². The van der Waals surface area contributed by atoms with Crippen molar-refractivity contribution in [3.8, 4) is 0 Å². The zero-order chi connectivity index (χ0) is 14.5. The second-order valence-electron chi connectivity index (χ2n) is 4.85. The lowest BCUT2D eigenvalue weighted by Gasteiger charge is -2.19. The number of ether oxygens (including phenoxy) is 1. The van der Waals surface area contributed by atoms with Gasteiger partial charge in [-0.1, -0.05) is 11.6 Å². The molecule has 0 atom stereocenters. The Bertz CT molecular complexity index is 471. The third-order valence-electron chi connectivity index (χ3n) is 3.55. The molecular formula is C14H20ClN3O2. The van der Waals surface area contributed by atoms with Crippen molar-refractivity contribution >= 4 is 23.5 Å². The molecule has 0 aromatic carbocycles. The minimum absolute atomic E-state index is 0.00503. The summed E-state index contributed by atoms with van der Waals surface area (Å²) in [5.41, 5.74) is 0.162. The van der Waals surface area contributed by atoms with Crippen molar-refractivity contribution in [3.05, 3.63) is 16.9 Å². The Morgan fingerprint density at radius 3 is 2.65 bits per heavy atom. The summed E-state index contributed by atoms with van der Waals surface area (Å²) in [6.45, 7) is 5.57. The van der Waals surface area contributed by atoms with Crippen LogP contribution in [0.4, 0.5) is 5.95 Å². The summed E-state index contributed by atoms with van der Waals surface area (Å²) in [5, 5.41) is 0.240. The second kappa shape index (κ2) is 6.88. The summed E-state index contributed by atoms with van der Waals surface area (Å²) in [5.74, 6) is 0.0653. The van der Waals surface area contributed by atoms with E-state index in [1.807, 2.05) is 18.7 Å². The van der Waals surface area contributed by atoms with Crippen LogP contribution < -0.4 is 4.90 Å². The number of aromatic nitrogens is 2. The largest absolute Gasteiger partial charge is 0.458 e. The number of nitrogens with zero attached hydrogens (tertiary/aromatic N) is 3. The zero-order valence-corrected chi connectivity index (χ0v) is 12.7. The van der Waals surface area contributed by atoms with Gasteiger partial charge in [-0.25, -0.2) is 14.8 Å². The van der Waals surface area contributed by atoms with Gasteiger partial charge in [0.15, 0.2) is 5.69 Å². The Morgan fingerprint density at radius 2 is 2.05 bits per heavy atom. The van der Waals surface area contributed by atoms with E-state index in [0.717, 1.165) is 38.8 Å². The number of carbonyl (C=O) groups is 1. The van der Waals surface area contributed by atoms with Crippen LogP contribution in [0, 0.1) is 0 Å². The van der Waals surface area contributed by atoms with Crippen LogP contribution in [0.3, 0.4) is 0 Å². The van der Waals surface area contributed by atoms with E-state index in [-0.39, 0.29) is 16.8 Å². The lowest BCUT2D eigenvalue weighted by atomic mass is 10.3. The smallest absolute Gasteiger partial charge is 0.358 e. The Balaban J connectivity index is 2.16. The van der Waals surface area contributed by atoms with E-state index in [2.05, 4.69) is 9.97 Å². The maximum atomic E-state index is 12.2. The Kier molecular flexibility index (Phi) is 5.17. The molecule has 0 unspecified atom stereocenters. The standard InChI is InChI=1S/C14H20ClN3O2/c1-3-18(4-2)14-16-9-11(15)12(17-14)13(19)20-10-7-5-6-8-10/h9-10H,3-8H2,1-2H3. The van der Waals surface area contributed by atoms with E-state index in [0.29, 0.717) is 5.95 Å². The van der Waals surface area contributed by atoms with E-state index in [9.17, 15) is 4.79 Å². The Hall–Kier alpha value is -1.36. The molecule has 0 amide bonds. The number of hydrogen-bond donors (Lipinski definition) is 0. The fraction of sp³-hybridized carbons (Fsp3) is 0.643. The van der Waals surface area contributed by atoms with Crippen LogP contribution in [-0.4, -0.2) is 35.1 Å². The van der Waals surface area contributed by atoms with Gasteiger partial charge in [-0.3, -0.25) is 0 Å². The number of esters is 1. The van der Waals surface area contributed by atoms with Crippen molar-refractivity contribution in [2.45, 2.75) is 45.6 Å². The van der Waals surface area contributed by atoms with E-state index in [1.54, 1.807) is 0 Å². The summed E-state index contributed by atoms with van der Waals surface area (Å²) < 4.78 is 5.45. The SMILES string of the molecule is CCN(CC)c1ncc(Cl)c(C(=O)OC2CCCC2)n1. The molecule has 110 valence electrons. The van der Waals surface area contributed by atoms with Gasteiger partial charge in [-0.05, 0) is 39.5 Å². The number of rotatable bonds is 5. The van der Waals surface area contributed by atoms with Gasteiger partial charge in [0.1, 0.15) is 6.10 Å². The van der Waals surface area contributed by atoms with Gasteiger partial charge in [0, 0.05) is 13.1 Å². The molecule has 5 nitrogen and oxygen atoms in total. The molecule has 1 heterocycles. The first-order valence-corrected chi connectivity index (χ1v) is 7.52. The highest BCUT2D eigenvalue weighted by Crippen LogP contribution is 2.24. The van der Waals surface area contributed by atoms with Gasteiger partial charge < -0.3 is 9.64 Å². The molecule has 0 saturated heterocycles. The number of halogens is 1. The van der Waals surface area contributed by atoms with Gasteiger partial charge in [-0.15, -0.1) is 0 Å². The lowest BCUT2D eigenvalue weighted by Crippen LogP contribution is -2.25. The van der Waals surface area contributed by atoms with E-state index >= 15 is 0 Å². The van der Waals surface area contributed by atoms with Crippen LogP contribution >= 0.6 is 11.6 Å². The van der Waals surface area contributed by atoms with Crippen molar-refractivity contribution in [1.29, 1.82) is 0 Å². The summed E-state index contributed by atoms with van der Waals surface area (Å²) >= 11 is 6.02. The Labute approximate surface area is 124 Å². The van der Waals surface area contributed by atoms with Crippen LogP contribution in [0.15, 0.2) is 6.20 Å². The lowest BCUT2D eigenvalue weighted by molar-refractivity contribution is 0.0311. The van der Waals surface area contributed by atoms with Crippen LogP contribution in [-0.2, 0) is 4.74 Å². The van der Waals surface area contributed by atoms with Gasteiger partial charge in [0.2, 0.25) is 5.95 Å². The minimum atomic E-state index is -0.447. The summed E-state index contributed by atoms with van der Waals surface area (Å²) in [6, 6.07) is 0. The molecule has 0 radical (unpaired) electrons. The van der Waals surface area contributed by atoms with Gasteiger partial charge in [0.05, 0.1) is 11.2 Å². The maximum absolute atomic E-state index is 12.2. The third kappa shape index (κ3) is 3.39. The van der Waals surface area contributed by atoms with E-state index in [1.165, 1.54) is 6.20 Å². The van der Waals surface area contributed by atoms with Gasteiger partial charge in [-0.2, -0.15) is 0 Å². The topological polar surface area (TPSA) is 55.3 Å². The summed E-state index contributed by atoms with van der Waals surface area (Å²) in [7, 11) is 0. The molecule has 20 heavy (non-hydrogen) atoms. The van der Waals surface area contributed by atoms with Crippen LogP contribution in [0.2, 0.25) is 5.02 Å². The molecule has 6 heteroatoms. The number of carbonyl (C=O) groups excluding carboxylic acids is 1. The minimum Gasteiger partial charge on any atom is -0.458 e. The molecule has 0 bridgehead atoms. The summed E-state index contributed by atoms with van der Waals surface area (Å²) in [4.78, 5) is 22.6. The molecule has 1 aliphatic carbocycles. The first-order valence-electron chi connectivity index (χ1n) is 7.14. The molecule has 1 fully saturated rings. The second-order valence-corrected chi connectivity index (χ2v) is 5.26. The molecule has 1 aliphatic rings. The highest BCUT2D eigenvalue weighted by molar-refractivity contribution is 6.33. The fourth-order valence-electron chi connectivity index (χ4n) is 2.37. The highest BCUT2D eigenvalue weighted by atomic mass is 35.5.